The van der Waals surface area contributed by atoms with Crippen molar-refractivity contribution in [3.63, 3.8) is 0 Å². The molecule has 0 aliphatic carbocycles. The second-order valence-electron chi connectivity index (χ2n) is 5.53. The van der Waals surface area contributed by atoms with Gasteiger partial charge in [0.1, 0.15) is 6.54 Å². The first-order valence-corrected chi connectivity index (χ1v) is 8.63. The third-order valence-electron chi connectivity index (χ3n) is 4.06. The van der Waals surface area contributed by atoms with Gasteiger partial charge < -0.3 is 9.47 Å². The molecule has 3 rings (SSSR count). The first kappa shape index (κ1) is 15.0. The molecule has 1 fully saturated rings. The van der Waals surface area contributed by atoms with E-state index in [1.54, 1.807) is 0 Å². The third kappa shape index (κ3) is 3.12. The second-order valence-corrected chi connectivity index (χ2v) is 6.54. The SMILES string of the molecule is N#CCSc1cn(CC(=O)N2CCCCC2)c2ccccc12. The van der Waals surface area contributed by atoms with Crippen LogP contribution in [0.1, 0.15) is 19.3 Å². The highest BCUT2D eigenvalue weighted by molar-refractivity contribution is 7.99. The Bertz CT molecular complexity index is 710. The van der Waals surface area contributed by atoms with Crippen LogP contribution >= 0.6 is 11.8 Å². The van der Waals surface area contributed by atoms with Gasteiger partial charge in [-0.05, 0) is 25.3 Å². The first-order chi connectivity index (χ1) is 10.8. The molecule has 1 aliphatic heterocycles. The molecule has 22 heavy (non-hydrogen) atoms. The van der Waals surface area contributed by atoms with E-state index in [2.05, 4.69) is 12.1 Å². The predicted molar refractivity (Wildman–Crippen MR) is 88.7 cm³/mol. The summed E-state index contributed by atoms with van der Waals surface area (Å²) in [5.74, 6) is 0.617. The summed E-state index contributed by atoms with van der Waals surface area (Å²) in [6.07, 6.45) is 5.46. The normalized spacial score (nSPS) is 15.0. The number of aromatic nitrogens is 1. The van der Waals surface area contributed by atoms with Gasteiger partial charge in [-0.15, -0.1) is 11.8 Å². The maximum atomic E-state index is 12.5. The number of piperidine rings is 1. The number of carbonyl (C=O) groups excluding carboxylic acids is 1. The van der Waals surface area contributed by atoms with Gasteiger partial charge in [0.15, 0.2) is 0 Å². The number of para-hydroxylation sites is 1. The van der Waals surface area contributed by atoms with Gasteiger partial charge in [0.05, 0.1) is 11.8 Å². The number of thioether (sulfide) groups is 1. The number of carbonyl (C=O) groups is 1. The molecule has 1 aromatic heterocycles. The molecule has 4 nitrogen and oxygen atoms in total. The Hall–Kier alpha value is -1.93. The molecule has 0 N–H and O–H groups in total. The predicted octanol–water partition coefficient (Wildman–Crippen LogP) is 3.27. The van der Waals surface area contributed by atoms with Crippen LogP contribution in [0.5, 0.6) is 0 Å². The van der Waals surface area contributed by atoms with Gasteiger partial charge >= 0.3 is 0 Å². The van der Waals surface area contributed by atoms with Crippen LogP contribution in [0.15, 0.2) is 35.4 Å². The van der Waals surface area contributed by atoms with Crippen LogP contribution in [0.25, 0.3) is 10.9 Å². The Kier molecular flexibility index (Phi) is 4.69. The highest BCUT2D eigenvalue weighted by Gasteiger charge is 2.18. The van der Waals surface area contributed by atoms with Gasteiger partial charge in [-0.1, -0.05) is 18.2 Å². The Morgan fingerprint density at radius 3 is 2.77 bits per heavy atom. The molecular formula is C17H19N3OS. The number of likely N-dealkylation sites (tertiary alicyclic amines) is 1. The lowest BCUT2D eigenvalue weighted by Gasteiger charge is -2.27. The maximum absolute atomic E-state index is 12.5. The fourth-order valence-corrected chi connectivity index (χ4v) is 3.71. The summed E-state index contributed by atoms with van der Waals surface area (Å²) in [5, 5.41) is 9.90. The molecule has 0 bridgehead atoms. The summed E-state index contributed by atoms with van der Waals surface area (Å²) < 4.78 is 2.02. The van der Waals surface area contributed by atoms with Gasteiger partial charge in [-0.3, -0.25) is 4.79 Å². The minimum Gasteiger partial charge on any atom is -0.341 e. The van der Waals surface area contributed by atoms with Crippen LogP contribution in [-0.2, 0) is 11.3 Å². The summed E-state index contributed by atoms with van der Waals surface area (Å²) >= 11 is 1.53. The van der Waals surface area contributed by atoms with Gasteiger partial charge in [-0.2, -0.15) is 5.26 Å². The maximum Gasteiger partial charge on any atom is 0.242 e. The zero-order valence-corrected chi connectivity index (χ0v) is 13.3. The van der Waals surface area contributed by atoms with Gasteiger partial charge in [0.2, 0.25) is 5.91 Å². The summed E-state index contributed by atoms with van der Waals surface area (Å²) in [4.78, 5) is 15.5. The molecule has 1 aliphatic rings. The number of fused-ring (bicyclic) bond motifs is 1. The van der Waals surface area contributed by atoms with E-state index in [4.69, 9.17) is 5.26 Å². The molecule has 2 heterocycles. The number of hydrogen-bond donors (Lipinski definition) is 0. The van der Waals surface area contributed by atoms with Crippen molar-refractivity contribution in [1.82, 2.24) is 9.47 Å². The topological polar surface area (TPSA) is 49.0 Å². The molecule has 1 aromatic carbocycles. The number of nitrogens with zero attached hydrogens (tertiary/aromatic N) is 3. The highest BCUT2D eigenvalue weighted by atomic mass is 32.2. The molecule has 5 heteroatoms. The summed E-state index contributed by atoms with van der Waals surface area (Å²) in [7, 11) is 0. The summed E-state index contributed by atoms with van der Waals surface area (Å²) in [6, 6.07) is 10.2. The van der Waals surface area contributed by atoms with E-state index in [-0.39, 0.29) is 5.91 Å². The van der Waals surface area contributed by atoms with Crippen molar-refractivity contribution in [1.29, 1.82) is 5.26 Å². The van der Waals surface area contributed by atoms with Crippen molar-refractivity contribution in [2.75, 3.05) is 18.8 Å². The van der Waals surface area contributed by atoms with Crippen LogP contribution < -0.4 is 0 Å². The van der Waals surface area contributed by atoms with Gasteiger partial charge in [0.25, 0.3) is 0 Å². The zero-order chi connectivity index (χ0) is 15.4. The lowest BCUT2D eigenvalue weighted by atomic mass is 10.1. The Morgan fingerprint density at radius 1 is 1.23 bits per heavy atom. The van der Waals surface area contributed by atoms with E-state index < -0.39 is 0 Å². The molecular weight excluding hydrogens is 294 g/mol. The lowest BCUT2D eigenvalue weighted by Crippen LogP contribution is -2.37. The van der Waals surface area contributed by atoms with E-state index in [1.807, 2.05) is 33.9 Å². The molecule has 0 saturated carbocycles. The summed E-state index contributed by atoms with van der Waals surface area (Å²) in [5.41, 5.74) is 1.06. The van der Waals surface area contributed by atoms with E-state index >= 15 is 0 Å². The molecule has 114 valence electrons. The second kappa shape index (κ2) is 6.89. The molecule has 1 saturated heterocycles. The molecule has 0 radical (unpaired) electrons. The van der Waals surface area contributed by atoms with Gasteiger partial charge in [-0.25, -0.2) is 0 Å². The van der Waals surface area contributed by atoms with Crippen molar-refractivity contribution in [2.24, 2.45) is 0 Å². The average molecular weight is 313 g/mol. The molecule has 0 spiro atoms. The molecule has 0 atom stereocenters. The highest BCUT2D eigenvalue weighted by Crippen LogP contribution is 2.29. The number of amides is 1. The minimum atomic E-state index is 0.192. The molecule has 2 aromatic rings. The Morgan fingerprint density at radius 2 is 2.00 bits per heavy atom. The number of rotatable bonds is 4. The van der Waals surface area contributed by atoms with Crippen molar-refractivity contribution >= 4 is 28.6 Å². The van der Waals surface area contributed by atoms with Crippen LogP contribution in [0.4, 0.5) is 0 Å². The largest absolute Gasteiger partial charge is 0.341 e. The van der Waals surface area contributed by atoms with Crippen molar-refractivity contribution in [3.8, 4) is 6.07 Å². The van der Waals surface area contributed by atoms with E-state index in [0.717, 1.165) is 41.7 Å². The first-order valence-electron chi connectivity index (χ1n) is 7.65. The zero-order valence-electron chi connectivity index (χ0n) is 12.5. The van der Waals surface area contributed by atoms with Crippen LogP contribution in [-0.4, -0.2) is 34.2 Å². The smallest absolute Gasteiger partial charge is 0.242 e. The van der Waals surface area contributed by atoms with Gasteiger partial charge in [0, 0.05) is 35.1 Å². The number of hydrogen-bond acceptors (Lipinski definition) is 3. The van der Waals surface area contributed by atoms with Crippen molar-refractivity contribution in [3.05, 3.63) is 30.5 Å². The molecule has 1 amide bonds. The van der Waals surface area contributed by atoms with Crippen molar-refractivity contribution in [2.45, 2.75) is 30.7 Å². The Labute approximate surface area is 134 Å². The van der Waals surface area contributed by atoms with Crippen LogP contribution in [0.3, 0.4) is 0 Å². The summed E-state index contributed by atoms with van der Waals surface area (Å²) in [6.45, 7) is 2.15. The number of benzene rings is 1. The van der Waals surface area contributed by atoms with E-state index in [9.17, 15) is 4.79 Å². The fraction of sp³-hybridized carbons (Fsp3) is 0.412. The third-order valence-corrected chi connectivity index (χ3v) is 4.97. The standard InChI is InChI=1S/C17H19N3OS/c18-8-11-22-16-12-20(15-7-3-2-6-14(15)16)13-17(21)19-9-4-1-5-10-19/h2-3,6-7,12H,1,4-5,9-11,13H2. The quantitative estimate of drug-likeness (QED) is 0.814. The fourth-order valence-electron chi connectivity index (χ4n) is 2.96. The lowest BCUT2D eigenvalue weighted by molar-refractivity contribution is -0.132. The Balaban J connectivity index is 1.83. The van der Waals surface area contributed by atoms with Crippen molar-refractivity contribution < 1.29 is 4.79 Å². The van der Waals surface area contributed by atoms with E-state index in [0.29, 0.717) is 12.3 Å². The average Bonchev–Trinajstić information content (AvgIpc) is 2.92. The van der Waals surface area contributed by atoms with Crippen LogP contribution in [0.2, 0.25) is 0 Å². The molecule has 0 unspecified atom stereocenters. The monoisotopic (exact) mass is 313 g/mol. The minimum absolute atomic E-state index is 0.192. The number of nitriles is 1. The van der Waals surface area contributed by atoms with Crippen LogP contribution in [0, 0.1) is 11.3 Å². The van der Waals surface area contributed by atoms with E-state index in [1.165, 1.54) is 18.2 Å².